The molecule has 0 fully saturated rings. The third-order valence-corrected chi connectivity index (χ3v) is 3.45. The van der Waals surface area contributed by atoms with Crippen LogP contribution < -0.4 is 11.1 Å². The Kier molecular flexibility index (Phi) is 2.88. The number of aromatic amines is 1. The van der Waals surface area contributed by atoms with Crippen molar-refractivity contribution in [2.24, 2.45) is 5.73 Å². The van der Waals surface area contributed by atoms with Gasteiger partial charge in [-0.05, 0) is 0 Å². The summed E-state index contributed by atoms with van der Waals surface area (Å²) in [6.07, 6.45) is 4.46. The van der Waals surface area contributed by atoms with E-state index in [-0.39, 0.29) is 11.4 Å². The van der Waals surface area contributed by atoms with E-state index in [2.05, 4.69) is 25.5 Å². The van der Waals surface area contributed by atoms with Crippen LogP contribution in [0.3, 0.4) is 0 Å². The van der Waals surface area contributed by atoms with E-state index in [0.717, 1.165) is 0 Å². The summed E-state index contributed by atoms with van der Waals surface area (Å²) in [5, 5.41) is 10.4. The van der Waals surface area contributed by atoms with Crippen LogP contribution in [-0.4, -0.2) is 32.0 Å². The number of fused-ring (bicyclic) bond motifs is 1. The number of primary amides is 1. The van der Waals surface area contributed by atoms with E-state index >= 15 is 0 Å². The SMILES string of the molecule is NC(=O)c1n[nH]cc1NC(=O)c1csc2nccnc12. The molecule has 0 spiro atoms. The van der Waals surface area contributed by atoms with Gasteiger partial charge < -0.3 is 11.1 Å². The average Bonchev–Trinajstić information content (AvgIpc) is 3.04. The molecule has 0 atom stereocenters. The number of carbonyl (C=O) groups excluding carboxylic acids is 2. The number of hydrogen-bond donors (Lipinski definition) is 3. The second-order valence-electron chi connectivity index (χ2n) is 3.83. The fourth-order valence-corrected chi connectivity index (χ4v) is 2.53. The normalized spacial score (nSPS) is 10.6. The van der Waals surface area contributed by atoms with E-state index in [9.17, 15) is 9.59 Å². The van der Waals surface area contributed by atoms with Gasteiger partial charge in [-0.3, -0.25) is 19.7 Å². The number of thiophene rings is 1. The van der Waals surface area contributed by atoms with Gasteiger partial charge in [0, 0.05) is 24.0 Å². The summed E-state index contributed by atoms with van der Waals surface area (Å²) >= 11 is 1.32. The third kappa shape index (κ3) is 1.99. The Balaban J connectivity index is 1.93. The molecule has 2 amide bonds. The highest BCUT2D eigenvalue weighted by atomic mass is 32.1. The largest absolute Gasteiger partial charge is 0.364 e. The fraction of sp³-hybridized carbons (Fsp3) is 0. The average molecular weight is 288 g/mol. The molecule has 20 heavy (non-hydrogen) atoms. The Hall–Kier alpha value is -2.81. The first-order chi connectivity index (χ1) is 9.66. The first kappa shape index (κ1) is 12.2. The first-order valence-corrected chi connectivity index (χ1v) is 6.38. The summed E-state index contributed by atoms with van der Waals surface area (Å²) < 4.78 is 0. The second-order valence-corrected chi connectivity index (χ2v) is 4.68. The van der Waals surface area contributed by atoms with Crippen LogP contribution in [0.4, 0.5) is 5.69 Å². The maximum atomic E-state index is 12.2. The Morgan fingerprint density at radius 1 is 1.30 bits per heavy atom. The zero-order chi connectivity index (χ0) is 14.1. The fourth-order valence-electron chi connectivity index (χ4n) is 1.69. The van der Waals surface area contributed by atoms with Crippen LogP contribution in [0.2, 0.25) is 0 Å². The van der Waals surface area contributed by atoms with E-state index in [4.69, 9.17) is 5.73 Å². The minimum atomic E-state index is -0.725. The van der Waals surface area contributed by atoms with Gasteiger partial charge >= 0.3 is 0 Å². The molecule has 0 saturated carbocycles. The van der Waals surface area contributed by atoms with Gasteiger partial charge in [0.25, 0.3) is 11.8 Å². The number of aromatic nitrogens is 4. The molecule has 3 aromatic rings. The van der Waals surface area contributed by atoms with Crippen LogP contribution in [0.25, 0.3) is 10.3 Å². The number of rotatable bonds is 3. The lowest BCUT2D eigenvalue weighted by atomic mass is 10.2. The highest BCUT2D eigenvalue weighted by molar-refractivity contribution is 7.17. The molecule has 4 N–H and O–H groups in total. The molecule has 9 heteroatoms. The Morgan fingerprint density at radius 3 is 2.90 bits per heavy atom. The number of nitrogens with one attached hydrogen (secondary N) is 2. The van der Waals surface area contributed by atoms with Crippen LogP contribution in [0, 0.1) is 0 Å². The maximum Gasteiger partial charge on any atom is 0.271 e. The molecular weight excluding hydrogens is 280 g/mol. The van der Waals surface area contributed by atoms with Crippen molar-refractivity contribution in [3.05, 3.63) is 35.2 Å². The lowest BCUT2D eigenvalue weighted by Crippen LogP contribution is -2.17. The molecule has 0 aliphatic heterocycles. The van der Waals surface area contributed by atoms with Crippen molar-refractivity contribution < 1.29 is 9.59 Å². The number of nitrogens with two attached hydrogens (primary N) is 1. The minimum absolute atomic E-state index is 0.0241. The monoisotopic (exact) mass is 288 g/mol. The topological polar surface area (TPSA) is 127 Å². The summed E-state index contributed by atoms with van der Waals surface area (Å²) in [7, 11) is 0. The summed E-state index contributed by atoms with van der Waals surface area (Å²) in [6, 6.07) is 0. The van der Waals surface area contributed by atoms with Crippen molar-refractivity contribution in [2.75, 3.05) is 5.32 Å². The van der Waals surface area contributed by atoms with Crippen molar-refractivity contribution in [2.45, 2.75) is 0 Å². The second kappa shape index (κ2) is 4.70. The number of amides is 2. The summed E-state index contributed by atoms with van der Waals surface area (Å²) in [6.45, 7) is 0. The summed E-state index contributed by atoms with van der Waals surface area (Å²) in [5.41, 5.74) is 6.25. The number of nitrogens with zero attached hydrogens (tertiary/aromatic N) is 3. The third-order valence-electron chi connectivity index (χ3n) is 2.57. The number of hydrogen-bond acceptors (Lipinski definition) is 6. The van der Waals surface area contributed by atoms with Crippen molar-refractivity contribution in [3.8, 4) is 0 Å². The van der Waals surface area contributed by atoms with Crippen LogP contribution >= 0.6 is 11.3 Å². The van der Waals surface area contributed by atoms with Gasteiger partial charge in [0.15, 0.2) is 5.69 Å². The molecule has 3 aromatic heterocycles. The van der Waals surface area contributed by atoms with Gasteiger partial charge in [-0.2, -0.15) is 5.10 Å². The van der Waals surface area contributed by atoms with Crippen LogP contribution in [-0.2, 0) is 0 Å². The molecule has 100 valence electrons. The Morgan fingerprint density at radius 2 is 2.10 bits per heavy atom. The molecular formula is C11H8N6O2S. The van der Waals surface area contributed by atoms with Gasteiger partial charge in [0.2, 0.25) is 0 Å². The molecule has 3 heterocycles. The Labute approximate surface area is 116 Å². The number of anilines is 1. The van der Waals surface area contributed by atoms with E-state index in [1.54, 1.807) is 11.6 Å². The first-order valence-electron chi connectivity index (χ1n) is 5.50. The Bertz CT molecular complexity index is 808. The maximum absolute atomic E-state index is 12.2. The molecule has 0 radical (unpaired) electrons. The smallest absolute Gasteiger partial charge is 0.271 e. The zero-order valence-electron chi connectivity index (χ0n) is 9.95. The minimum Gasteiger partial charge on any atom is -0.364 e. The molecule has 0 bridgehead atoms. The van der Waals surface area contributed by atoms with Gasteiger partial charge in [-0.1, -0.05) is 0 Å². The van der Waals surface area contributed by atoms with Crippen LogP contribution in [0.5, 0.6) is 0 Å². The molecule has 0 aromatic carbocycles. The summed E-state index contributed by atoms with van der Waals surface area (Å²) in [5.74, 6) is -1.13. The molecule has 0 aliphatic carbocycles. The predicted molar refractivity (Wildman–Crippen MR) is 72.5 cm³/mol. The van der Waals surface area contributed by atoms with E-state index < -0.39 is 11.8 Å². The molecule has 3 rings (SSSR count). The van der Waals surface area contributed by atoms with Gasteiger partial charge in [-0.25, -0.2) is 4.98 Å². The number of H-pyrrole nitrogens is 1. The molecule has 0 saturated heterocycles. The van der Waals surface area contributed by atoms with Gasteiger partial charge in [0.1, 0.15) is 10.3 Å². The van der Waals surface area contributed by atoms with Gasteiger partial charge in [0.05, 0.1) is 11.3 Å². The standard InChI is InChI=1S/C11H8N6O2S/c12-9(18)8-6(3-15-17-8)16-10(19)5-4-20-11-7(5)13-1-2-14-11/h1-4H,(H2,12,18)(H,15,17)(H,16,19). The van der Waals surface area contributed by atoms with E-state index in [1.165, 1.54) is 23.7 Å². The quantitative estimate of drug-likeness (QED) is 0.656. The lowest BCUT2D eigenvalue weighted by Gasteiger charge is -2.02. The van der Waals surface area contributed by atoms with Crippen LogP contribution in [0.1, 0.15) is 20.8 Å². The van der Waals surface area contributed by atoms with E-state index in [0.29, 0.717) is 15.9 Å². The molecule has 0 aliphatic rings. The number of carbonyl (C=O) groups is 2. The van der Waals surface area contributed by atoms with E-state index in [1.807, 2.05) is 0 Å². The van der Waals surface area contributed by atoms with Crippen molar-refractivity contribution >= 4 is 39.2 Å². The summed E-state index contributed by atoms with van der Waals surface area (Å²) in [4.78, 5) is 32.2. The van der Waals surface area contributed by atoms with Crippen molar-refractivity contribution in [1.82, 2.24) is 20.2 Å². The van der Waals surface area contributed by atoms with Gasteiger partial charge in [-0.15, -0.1) is 11.3 Å². The van der Waals surface area contributed by atoms with Crippen molar-refractivity contribution in [3.63, 3.8) is 0 Å². The van der Waals surface area contributed by atoms with Crippen LogP contribution in [0.15, 0.2) is 24.0 Å². The highest BCUT2D eigenvalue weighted by Gasteiger charge is 2.18. The zero-order valence-corrected chi connectivity index (χ0v) is 10.8. The van der Waals surface area contributed by atoms with Crippen molar-refractivity contribution in [1.29, 1.82) is 0 Å². The molecule has 0 unspecified atom stereocenters. The predicted octanol–water partition coefficient (Wildman–Crippen LogP) is 0.766. The lowest BCUT2D eigenvalue weighted by molar-refractivity contribution is 0.0996. The highest BCUT2D eigenvalue weighted by Crippen LogP contribution is 2.23. The molecule has 8 nitrogen and oxygen atoms in total.